The maximum absolute atomic E-state index is 14.5. The van der Waals surface area contributed by atoms with Gasteiger partial charge in [-0.2, -0.15) is 0 Å². The number of halogens is 1. The molecule has 1 N–H and O–H groups in total. The summed E-state index contributed by atoms with van der Waals surface area (Å²) in [4.78, 5) is 25.5. The van der Waals surface area contributed by atoms with E-state index in [0.717, 1.165) is 18.2 Å². The fourth-order valence-electron chi connectivity index (χ4n) is 3.49. The first kappa shape index (κ1) is 15.9. The van der Waals surface area contributed by atoms with E-state index >= 15 is 0 Å². The van der Waals surface area contributed by atoms with Crippen LogP contribution >= 0.6 is 0 Å². The molecule has 1 aromatic carbocycles. The van der Waals surface area contributed by atoms with Crippen molar-refractivity contribution >= 4 is 11.9 Å². The summed E-state index contributed by atoms with van der Waals surface area (Å²) < 4.78 is 19.0. The summed E-state index contributed by atoms with van der Waals surface area (Å²) in [6.07, 6.45) is 1.02. The largest absolute Gasteiger partial charge is 0.467 e. The van der Waals surface area contributed by atoms with Gasteiger partial charge < -0.3 is 14.7 Å². The predicted octanol–water partition coefficient (Wildman–Crippen LogP) is 1.02. The minimum atomic E-state index is -2.17. The second-order valence-corrected chi connectivity index (χ2v) is 6.41. The number of rotatable bonds is 2. The van der Waals surface area contributed by atoms with Gasteiger partial charge in [-0.3, -0.25) is 4.79 Å². The highest BCUT2D eigenvalue weighted by atomic mass is 19.1. The van der Waals surface area contributed by atoms with Crippen LogP contribution < -0.4 is 0 Å². The van der Waals surface area contributed by atoms with Crippen LogP contribution in [0.3, 0.4) is 0 Å². The molecule has 2 atom stereocenters. The first-order chi connectivity index (χ1) is 10.9. The lowest BCUT2D eigenvalue weighted by molar-refractivity contribution is -0.156. The van der Waals surface area contributed by atoms with Gasteiger partial charge in [0.1, 0.15) is 5.60 Å². The van der Waals surface area contributed by atoms with Gasteiger partial charge in [-0.15, -0.1) is 0 Å². The molecular formula is C17H20FNO4. The summed E-state index contributed by atoms with van der Waals surface area (Å²) in [5.74, 6) is -1.47. The zero-order valence-corrected chi connectivity index (χ0v) is 13.0. The van der Waals surface area contributed by atoms with E-state index in [2.05, 4.69) is 4.74 Å². The Bertz CT molecular complexity index is 649. The Labute approximate surface area is 134 Å². The van der Waals surface area contributed by atoms with Crippen LogP contribution in [0.2, 0.25) is 0 Å². The normalized spacial score (nSPS) is 30.0. The van der Waals surface area contributed by atoms with Crippen molar-refractivity contribution < 1.29 is 23.8 Å². The maximum atomic E-state index is 14.5. The number of fused-ring (bicyclic) bond motifs is 1. The summed E-state index contributed by atoms with van der Waals surface area (Å²) in [5, 5.41) is 10.8. The Hall–Kier alpha value is -1.95. The number of hydrogen-bond donors (Lipinski definition) is 1. The summed E-state index contributed by atoms with van der Waals surface area (Å²) in [5.41, 5.74) is -1.64. The van der Waals surface area contributed by atoms with E-state index < -0.39 is 23.1 Å². The molecule has 1 aliphatic heterocycles. The molecule has 0 radical (unpaired) electrons. The van der Waals surface area contributed by atoms with Crippen LogP contribution in [0.1, 0.15) is 24.0 Å². The summed E-state index contributed by atoms with van der Waals surface area (Å²) in [7, 11) is 1.12. The summed E-state index contributed by atoms with van der Waals surface area (Å²) in [6, 6.07) is 7.68. The first-order valence-electron chi connectivity index (χ1n) is 7.74. The maximum Gasteiger partial charge on any atom is 0.345 e. The molecule has 3 rings (SSSR count). The molecule has 0 aromatic heterocycles. The lowest BCUT2D eigenvalue weighted by Gasteiger charge is -2.35. The van der Waals surface area contributed by atoms with Crippen LogP contribution in [0.5, 0.6) is 0 Å². The number of methoxy groups -OCH3 is 1. The van der Waals surface area contributed by atoms with Crippen molar-refractivity contribution in [3.8, 4) is 0 Å². The Morgan fingerprint density at radius 3 is 2.65 bits per heavy atom. The Kier molecular flexibility index (Phi) is 3.88. The zero-order chi connectivity index (χ0) is 16.7. The van der Waals surface area contributed by atoms with E-state index in [4.69, 9.17) is 0 Å². The molecule has 1 aromatic rings. The van der Waals surface area contributed by atoms with Crippen molar-refractivity contribution in [1.29, 1.82) is 0 Å². The Morgan fingerprint density at radius 1 is 1.26 bits per heavy atom. The second kappa shape index (κ2) is 5.60. The van der Waals surface area contributed by atoms with Gasteiger partial charge in [0.25, 0.3) is 5.91 Å². The predicted molar refractivity (Wildman–Crippen MR) is 80.5 cm³/mol. The van der Waals surface area contributed by atoms with Crippen molar-refractivity contribution in [2.45, 2.75) is 37.0 Å². The molecular weight excluding hydrogens is 301 g/mol. The summed E-state index contributed by atoms with van der Waals surface area (Å²) >= 11 is 0. The van der Waals surface area contributed by atoms with Crippen molar-refractivity contribution in [1.82, 2.24) is 4.90 Å². The van der Waals surface area contributed by atoms with Crippen LogP contribution in [0.25, 0.3) is 0 Å². The molecule has 0 saturated carbocycles. The third kappa shape index (κ3) is 2.72. The van der Waals surface area contributed by atoms with Gasteiger partial charge >= 0.3 is 5.97 Å². The van der Waals surface area contributed by atoms with E-state index in [9.17, 15) is 19.1 Å². The van der Waals surface area contributed by atoms with Crippen LogP contribution in [-0.4, -0.2) is 53.4 Å². The third-order valence-electron chi connectivity index (χ3n) is 4.87. The standard InChI is InChI=1S/C17H20FNO4/c1-23-15(21)16(18)8-9-19(11-16)14(20)17(22)7-6-12-4-2-3-5-13(12)10-17/h2-5,22H,6-11H2,1H3/t16-,17+/m1/s1. The van der Waals surface area contributed by atoms with Gasteiger partial charge in [0.2, 0.25) is 5.67 Å². The van der Waals surface area contributed by atoms with Crippen LogP contribution in [-0.2, 0) is 27.2 Å². The SMILES string of the molecule is COC(=O)[C@@]1(F)CCN(C(=O)[C@]2(O)CCc3ccccc3C2)C1. The van der Waals surface area contributed by atoms with Gasteiger partial charge in [0, 0.05) is 19.4 Å². The molecule has 1 amide bonds. The highest BCUT2D eigenvalue weighted by Crippen LogP contribution is 2.34. The van der Waals surface area contributed by atoms with Gasteiger partial charge in [-0.1, -0.05) is 24.3 Å². The number of nitrogens with zero attached hydrogens (tertiary/aromatic N) is 1. The number of amides is 1. The fourth-order valence-corrected chi connectivity index (χ4v) is 3.49. The van der Waals surface area contributed by atoms with Gasteiger partial charge in [-0.25, -0.2) is 9.18 Å². The van der Waals surface area contributed by atoms with Gasteiger partial charge in [0.05, 0.1) is 13.7 Å². The molecule has 5 nitrogen and oxygen atoms in total. The number of benzene rings is 1. The Balaban J connectivity index is 1.75. The first-order valence-corrected chi connectivity index (χ1v) is 7.74. The van der Waals surface area contributed by atoms with Crippen LogP contribution in [0.15, 0.2) is 24.3 Å². The number of carbonyl (C=O) groups excluding carboxylic acids is 2. The second-order valence-electron chi connectivity index (χ2n) is 6.41. The number of likely N-dealkylation sites (tertiary alicyclic amines) is 1. The monoisotopic (exact) mass is 321 g/mol. The van der Waals surface area contributed by atoms with Crippen LogP contribution in [0, 0.1) is 0 Å². The average Bonchev–Trinajstić information content (AvgIpc) is 2.96. The highest BCUT2D eigenvalue weighted by Gasteiger charge is 2.51. The zero-order valence-electron chi connectivity index (χ0n) is 13.0. The van der Waals surface area contributed by atoms with Crippen molar-refractivity contribution in [2.75, 3.05) is 20.2 Å². The topological polar surface area (TPSA) is 66.8 Å². The molecule has 0 spiro atoms. The van der Waals surface area contributed by atoms with E-state index in [1.54, 1.807) is 0 Å². The highest BCUT2D eigenvalue weighted by molar-refractivity contribution is 5.88. The molecule has 0 unspecified atom stereocenters. The molecule has 1 fully saturated rings. The smallest absolute Gasteiger partial charge is 0.345 e. The molecule has 0 bridgehead atoms. The molecule has 1 saturated heterocycles. The lowest BCUT2D eigenvalue weighted by atomic mass is 9.79. The average molecular weight is 321 g/mol. The minimum Gasteiger partial charge on any atom is -0.467 e. The van der Waals surface area contributed by atoms with E-state index in [1.165, 1.54) is 4.90 Å². The molecule has 1 heterocycles. The quantitative estimate of drug-likeness (QED) is 0.826. The number of esters is 1. The number of aliphatic hydroxyl groups is 1. The van der Waals surface area contributed by atoms with Crippen LogP contribution in [0.4, 0.5) is 4.39 Å². The van der Waals surface area contributed by atoms with Crippen molar-refractivity contribution in [2.24, 2.45) is 0 Å². The van der Waals surface area contributed by atoms with Gasteiger partial charge in [0.15, 0.2) is 0 Å². The lowest BCUT2D eigenvalue weighted by Crippen LogP contribution is -2.52. The molecule has 1 aliphatic carbocycles. The van der Waals surface area contributed by atoms with Crippen molar-refractivity contribution in [3.05, 3.63) is 35.4 Å². The summed E-state index contributed by atoms with van der Waals surface area (Å²) in [6.45, 7) is -0.253. The minimum absolute atomic E-state index is 0.0991. The number of carbonyl (C=O) groups is 2. The van der Waals surface area contributed by atoms with E-state index in [0.29, 0.717) is 12.8 Å². The number of hydrogen-bond acceptors (Lipinski definition) is 4. The number of alkyl halides is 1. The van der Waals surface area contributed by atoms with E-state index in [-0.39, 0.29) is 25.9 Å². The molecule has 2 aliphatic rings. The third-order valence-corrected chi connectivity index (χ3v) is 4.87. The van der Waals surface area contributed by atoms with E-state index in [1.807, 2.05) is 24.3 Å². The molecule has 6 heteroatoms. The molecule has 23 heavy (non-hydrogen) atoms. The molecule has 124 valence electrons. The van der Waals surface area contributed by atoms with Gasteiger partial charge in [-0.05, 0) is 24.0 Å². The number of ether oxygens (including phenoxy) is 1. The fraction of sp³-hybridized carbons (Fsp3) is 0.529. The number of aryl methyl sites for hydroxylation is 1. The Morgan fingerprint density at radius 2 is 1.96 bits per heavy atom. The van der Waals surface area contributed by atoms with Crippen molar-refractivity contribution in [3.63, 3.8) is 0 Å².